The molecule has 64 heavy (non-hydrogen) atoms. The Morgan fingerprint density at radius 2 is 0.844 bits per heavy atom. The molecule has 4 nitrogen and oxygen atoms in total. The van der Waals surface area contributed by atoms with Gasteiger partial charge in [-0.1, -0.05) is 158 Å². The molecule has 0 aliphatic carbocycles. The van der Waals surface area contributed by atoms with Crippen molar-refractivity contribution in [2.24, 2.45) is 0 Å². The van der Waals surface area contributed by atoms with Crippen molar-refractivity contribution in [2.45, 2.75) is 0 Å². The topological polar surface area (TPSA) is 18.7 Å². The largest absolute Gasteiger partial charge is 0.294 e. The van der Waals surface area contributed by atoms with E-state index in [0.717, 1.165) is 22.7 Å². The maximum absolute atomic E-state index is 2.95. The van der Waals surface area contributed by atoms with E-state index in [2.05, 4.69) is 248 Å². The van der Waals surface area contributed by atoms with E-state index in [4.69, 9.17) is 0 Å². The van der Waals surface area contributed by atoms with Gasteiger partial charge in [0.25, 0.3) is 0 Å². The summed E-state index contributed by atoms with van der Waals surface area (Å²) in [5, 5.41) is 10.6. The number of imidazole rings is 2. The van der Waals surface area contributed by atoms with Crippen molar-refractivity contribution in [3.8, 4) is 11.4 Å². The standard InChI is InChI=1S/C58H38N4SSi/c1-3-19-43(20-4-1)64(44-21-5-2-6-22-44,55-32-16-25-47-46-24-8-14-31-54(46)63-58(47)55)45-23-15-18-41(37-45)59-50-28-11-13-30-52(50)62-53-38-42(34-33-40(53)36-57(59)62)60-49-27-10-12-29-51(49)61-48-26-9-7-17-39(48)35-56(60)61/h1-38H. The SMILES string of the molecule is c1ccc([Si](c2ccccc2)(c2cccc(-n3c4ccccc4n4c5cc(-n6c7ccccc7n7c8ccccc8cc67)ccc5cc34)c2)c2cccc3c2sc2ccccc23)cc1. The molecule has 0 fully saturated rings. The van der Waals surface area contributed by atoms with Crippen LogP contribution in [0.3, 0.4) is 0 Å². The molecule has 0 saturated carbocycles. The van der Waals surface area contributed by atoms with Gasteiger partial charge in [-0.25, -0.2) is 0 Å². The van der Waals surface area contributed by atoms with Crippen LogP contribution >= 0.6 is 11.3 Å². The minimum atomic E-state index is -2.95. The van der Waals surface area contributed by atoms with E-state index in [-0.39, 0.29) is 0 Å². The second-order valence-electron chi connectivity index (χ2n) is 16.9. The van der Waals surface area contributed by atoms with Crippen LogP contribution in [0.1, 0.15) is 0 Å². The van der Waals surface area contributed by atoms with E-state index in [1.165, 1.54) is 84.8 Å². The van der Waals surface area contributed by atoms with E-state index in [9.17, 15) is 0 Å². The molecule has 0 radical (unpaired) electrons. The second-order valence-corrected chi connectivity index (χ2v) is 21.8. The minimum Gasteiger partial charge on any atom is -0.294 e. The fourth-order valence-corrected chi connectivity index (χ4v) is 17.6. The highest BCUT2D eigenvalue weighted by molar-refractivity contribution is 7.30. The summed E-state index contributed by atoms with van der Waals surface area (Å²) in [5.41, 5.74) is 11.7. The summed E-state index contributed by atoms with van der Waals surface area (Å²) in [6.45, 7) is 0. The Balaban J connectivity index is 1.03. The molecule has 0 atom stereocenters. The first-order chi connectivity index (χ1) is 31.8. The molecular formula is C58H38N4SSi. The number of para-hydroxylation sites is 5. The molecule has 300 valence electrons. The average Bonchev–Trinajstić information content (AvgIpc) is 4.16. The Morgan fingerprint density at radius 3 is 1.55 bits per heavy atom. The van der Waals surface area contributed by atoms with Crippen molar-refractivity contribution in [2.75, 3.05) is 0 Å². The monoisotopic (exact) mass is 850 g/mol. The Kier molecular flexibility index (Phi) is 7.55. The molecule has 14 rings (SSSR count). The highest BCUT2D eigenvalue weighted by atomic mass is 32.1. The highest BCUT2D eigenvalue weighted by Gasteiger charge is 2.43. The third kappa shape index (κ3) is 4.86. The van der Waals surface area contributed by atoms with Gasteiger partial charge in [-0.2, -0.15) is 0 Å². The number of rotatable bonds is 6. The molecule has 0 bridgehead atoms. The number of nitrogens with zero attached hydrogens (tertiary/aromatic N) is 4. The second kappa shape index (κ2) is 13.5. The molecule has 0 amide bonds. The summed E-state index contributed by atoms with van der Waals surface area (Å²) in [5.74, 6) is 0. The highest BCUT2D eigenvalue weighted by Crippen LogP contribution is 2.37. The van der Waals surface area contributed by atoms with Crippen LogP contribution in [0.5, 0.6) is 0 Å². The molecule has 0 aliphatic heterocycles. The van der Waals surface area contributed by atoms with E-state index in [1.807, 2.05) is 11.3 Å². The lowest BCUT2D eigenvalue weighted by Crippen LogP contribution is -2.74. The molecule has 5 heterocycles. The first-order valence-corrected chi connectivity index (χ1v) is 24.7. The Labute approximate surface area is 373 Å². The van der Waals surface area contributed by atoms with Gasteiger partial charge >= 0.3 is 0 Å². The lowest BCUT2D eigenvalue weighted by molar-refractivity contribution is 1.14. The Hall–Kier alpha value is -7.90. The van der Waals surface area contributed by atoms with Crippen LogP contribution in [0.25, 0.3) is 86.7 Å². The van der Waals surface area contributed by atoms with Crippen LogP contribution in [0, 0.1) is 0 Å². The predicted molar refractivity (Wildman–Crippen MR) is 274 cm³/mol. The van der Waals surface area contributed by atoms with Crippen molar-refractivity contribution in [3.63, 3.8) is 0 Å². The summed E-state index contributed by atoms with van der Waals surface area (Å²) < 4.78 is 12.5. The van der Waals surface area contributed by atoms with Gasteiger partial charge in [0.2, 0.25) is 0 Å². The Bertz CT molecular complexity index is 4110. The zero-order chi connectivity index (χ0) is 41.9. The summed E-state index contributed by atoms with van der Waals surface area (Å²) in [6.07, 6.45) is 0. The summed E-state index contributed by atoms with van der Waals surface area (Å²) in [6, 6.07) is 86.1. The first kappa shape index (κ1) is 35.7. The van der Waals surface area contributed by atoms with E-state index >= 15 is 0 Å². The van der Waals surface area contributed by atoms with Crippen molar-refractivity contribution < 1.29 is 0 Å². The zero-order valence-corrected chi connectivity index (χ0v) is 36.5. The molecule has 0 N–H and O–H groups in total. The number of fused-ring (bicyclic) bond motifs is 13. The predicted octanol–water partition coefficient (Wildman–Crippen LogP) is 12.1. The van der Waals surface area contributed by atoms with Gasteiger partial charge in [-0.05, 0) is 93.5 Å². The quantitative estimate of drug-likeness (QED) is 0.117. The summed E-state index contributed by atoms with van der Waals surface area (Å²) >= 11 is 1.93. The van der Waals surface area contributed by atoms with Gasteiger partial charge in [0.15, 0.2) is 8.07 Å². The molecule has 5 aromatic heterocycles. The van der Waals surface area contributed by atoms with Crippen LogP contribution in [-0.2, 0) is 0 Å². The molecule has 6 heteroatoms. The van der Waals surface area contributed by atoms with Crippen molar-refractivity contribution in [1.82, 2.24) is 17.9 Å². The Morgan fingerprint density at radius 1 is 0.328 bits per heavy atom. The third-order valence-corrected chi connectivity index (χ3v) is 19.9. The lowest BCUT2D eigenvalue weighted by Gasteiger charge is -2.35. The molecule has 9 aromatic carbocycles. The van der Waals surface area contributed by atoms with E-state index in [1.54, 1.807) is 0 Å². The molecule has 0 unspecified atom stereocenters. The van der Waals surface area contributed by atoms with E-state index in [0.29, 0.717) is 0 Å². The van der Waals surface area contributed by atoms with Gasteiger partial charge < -0.3 is 0 Å². The summed E-state index contributed by atoms with van der Waals surface area (Å²) in [4.78, 5) is 0. The molecule has 14 aromatic rings. The number of hydrogen-bond acceptors (Lipinski definition) is 1. The van der Waals surface area contributed by atoms with Crippen LogP contribution in [0.2, 0.25) is 0 Å². The van der Waals surface area contributed by atoms with Crippen molar-refractivity contribution in [1.29, 1.82) is 0 Å². The maximum atomic E-state index is 2.51. The van der Waals surface area contributed by atoms with Crippen LogP contribution in [0.15, 0.2) is 231 Å². The van der Waals surface area contributed by atoms with Crippen LogP contribution in [0.4, 0.5) is 0 Å². The molecule has 0 aliphatic rings. The number of aromatic nitrogens is 4. The number of benzene rings is 9. The molecule has 0 spiro atoms. The lowest BCUT2D eigenvalue weighted by atomic mass is 10.1. The van der Waals surface area contributed by atoms with Gasteiger partial charge in [0, 0.05) is 42.3 Å². The fourth-order valence-electron chi connectivity index (χ4n) is 11.0. The fraction of sp³-hybridized carbons (Fsp3) is 0. The first-order valence-electron chi connectivity index (χ1n) is 21.9. The van der Waals surface area contributed by atoms with Crippen molar-refractivity contribution in [3.05, 3.63) is 231 Å². The maximum Gasteiger partial charge on any atom is 0.181 e. The number of thiophene rings is 1. The van der Waals surface area contributed by atoms with Gasteiger partial charge in [0.05, 0.1) is 33.1 Å². The van der Waals surface area contributed by atoms with Crippen molar-refractivity contribution >= 4 is 115 Å². The zero-order valence-electron chi connectivity index (χ0n) is 34.6. The van der Waals surface area contributed by atoms with Crippen LogP contribution in [-0.4, -0.2) is 26.0 Å². The van der Waals surface area contributed by atoms with Crippen LogP contribution < -0.4 is 20.7 Å². The van der Waals surface area contributed by atoms with Gasteiger partial charge in [0.1, 0.15) is 11.3 Å². The van der Waals surface area contributed by atoms with Gasteiger partial charge in [-0.3, -0.25) is 17.9 Å². The average molecular weight is 851 g/mol. The number of hydrogen-bond donors (Lipinski definition) is 0. The minimum absolute atomic E-state index is 1.14. The summed E-state index contributed by atoms with van der Waals surface area (Å²) in [7, 11) is -2.95. The van der Waals surface area contributed by atoms with E-state index < -0.39 is 8.07 Å². The molecule has 0 saturated heterocycles. The van der Waals surface area contributed by atoms with Gasteiger partial charge in [-0.15, -0.1) is 11.3 Å². The normalized spacial score (nSPS) is 12.4. The molecular weight excluding hydrogens is 813 g/mol. The third-order valence-electron chi connectivity index (χ3n) is 13.7. The smallest absolute Gasteiger partial charge is 0.181 e.